The Hall–Kier alpha value is -2.35. The molecule has 0 heterocycles. The standard InChI is InChI=1S/C17H16O2/c1-12-7-9-14(10-8-12)16(11-17(18)19)15-6-4-3-5-13(15)2/h3-11H,1-2H3,(H,18,19)/b16-11-. The van der Waals surface area contributed by atoms with Crippen molar-refractivity contribution in [2.24, 2.45) is 0 Å². The van der Waals surface area contributed by atoms with Gasteiger partial charge in [0.2, 0.25) is 0 Å². The highest BCUT2D eigenvalue weighted by Crippen LogP contribution is 2.26. The van der Waals surface area contributed by atoms with Gasteiger partial charge in [0, 0.05) is 6.08 Å². The fraction of sp³-hybridized carbons (Fsp3) is 0.118. The smallest absolute Gasteiger partial charge is 0.328 e. The summed E-state index contributed by atoms with van der Waals surface area (Å²) in [6, 6.07) is 15.7. The van der Waals surface area contributed by atoms with Crippen LogP contribution in [-0.4, -0.2) is 11.1 Å². The van der Waals surface area contributed by atoms with Crippen LogP contribution in [0.4, 0.5) is 0 Å². The van der Waals surface area contributed by atoms with E-state index in [2.05, 4.69) is 0 Å². The van der Waals surface area contributed by atoms with Gasteiger partial charge in [-0.15, -0.1) is 0 Å². The van der Waals surface area contributed by atoms with Crippen molar-refractivity contribution >= 4 is 11.5 Å². The first-order valence-electron chi connectivity index (χ1n) is 6.15. The van der Waals surface area contributed by atoms with Crippen molar-refractivity contribution in [3.63, 3.8) is 0 Å². The average molecular weight is 252 g/mol. The summed E-state index contributed by atoms with van der Waals surface area (Å²) in [5.41, 5.74) is 4.83. The van der Waals surface area contributed by atoms with Crippen LogP contribution in [0.25, 0.3) is 5.57 Å². The van der Waals surface area contributed by atoms with Crippen molar-refractivity contribution in [3.8, 4) is 0 Å². The summed E-state index contributed by atoms with van der Waals surface area (Å²) in [5.74, 6) is -0.932. The van der Waals surface area contributed by atoms with Gasteiger partial charge in [0.25, 0.3) is 0 Å². The van der Waals surface area contributed by atoms with E-state index in [9.17, 15) is 4.79 Å². The molecule has 0 spiro atoms. The van der Waals surface area contributed by atoms with Crippen LogP contribution < -0.4 is 0 Å². The summed E-state index contributed by atoms with van der Waals surface area (Å²) in [4.78, 5) is 11.1. The lowest BCUT2D eigenvalue weighted by atomic mass is 9.93. The molecule has 0 aliphatic carbocycles. The third kappa shape index (κ3) is 3.10. The summed E-state index contributed by atoms with van der Waals surface area (Å²) >= 11 is 0. The molecule has 0 amide bonds. The SMILES string of the molecule is Cc1ccc(/C(=C/C(=O)O)c2ccccc2C)cc1. The van der Waals surface area contributed by atoms with Gasteiger partial charge in [0.1, 0.15) is 0 Å². The number of carboxylic acids is 1. The summed E-state index contributed by atoms with van der Waals surface area (Å²) in [6.07, 6.45) is 1.27. The van der Waals surface area contributed by atoms with E-state index >= 15 is 0 Å². The molecule has 2 rings (SSSR count). The molecule has 0 aliphatic heterocycles. The monoisotopic (exact) mass is 252 g/mol. The number of hydrogen-bond acceptors (Lipinski definition) is 1. The molecule has 96 valence electrons. The molecule has 2 heteroatoms. The minimum atomic E-state index is -0.932. The number of aliphatic carboxylic acids is 1. The maximum absolute atomic E-state index is 11.1. The van der Waals surface area contributed by atoms with E-state index in [-0.39, 0.29) is 0 Å². The van der Waals surface area contributed by atoms with Crippen molar-refractivity contribution in [1.82, 2.24) is 0 Å². The summed E-state index contributed by atoms with van der Waals surface area (Å²) in [6.45, 7) is 4.00. The summed E-state index contributed by atoms with van der Waals surface area (Å²) in [5, 5.41) is 9.08. The quantitative estimate of drug-likeness (QED) is 0.843. The fourth-order valence-electron chi connectivity index (χ4n) is 2.05. The fourth-order valence-corrected chi connectivity index (χ4v) is 2.05. The zero-order chi connectivity index (χ0) is 13.8. The van der Waals surface area contributed by atoms with Crippen LogP contribution in [0, 0.1) is 13.8 Å². The van der Waals surface area contributed by atoms with Gasteiger partial charge in [-0.3, -0.25) is 0 Å². The van der Waals surface area contributed by atoms with Gasteiger partial charge in [0.15, 0.2) is 0 Å². The normalized spacial score (nSPS) is 11.4. The lowest BCUT2D eigenvalue weighted by Crippen LogP contribution is -1.96. The van der Waals surface area contributed by atoms with Crippen molar-refractivity contribution < 1.29 is 9.90 Å². The zero-order valence-corrected chi connectivity index (χ0v) is 11.1. The highest BCUT2D eigenvalue weighted by Gasteiger charge is 2.09. The summed E-state index contributed by atoms with van der Waals surface area (Å²) in [7, 11) is 0. The second kappa shape index (κ2) is 5.53. The zero-order valence-electron chi connectivity index (χ0n) is 11.1. The van der Waals surface area contributed by atoms with Crippen molar-refractivity contribution in [1.29, 1.82) is 0 Å². The molecule has 0 fully saturated rings. The first kappa shape index (κ1) is 13.1. The molecule has 2 nitrogen and oxygen atoms in total. The first-order valence-corrected chi connectivity index (χ1v) is 6.15. The highest BCUT2D eigenvalue weighted by atomic mass is 16.4. The molecule has 19 heavy (non-hydrogen) atoms. The largest absolute Gasteiger partial charge is 0.478 e. The van der Waals surface area contributed by atoms with Crippen molar-refractivity contribution in [2.75, 3.05) is 0 Å². The topological polar surface area (TPSA) is 37.3 Å². The highest BCUT2D eigenvalue weighted by molar-refractivity contribution is 5.95. The Labute approximate surface area is 113 Å². The van der Waals surface area contributed by atoms with E-state index < -0.39 is 5.97 Å². The van der Waals surface area contributed by atoms with E-state index in [1.54, 1.807) is 0 Å². The minimum absolute atomic E-state index is 0.741. The van der Waals surface area contributed by atoms with Crippen molar-refractivity contribution in [3.05, 3.63) is 76.9 Å². The maximum Gasteiger partial charge on any atom is 0.328 e. The molecule has 2 aromatic rings. The van der Waals surface area contributed by atoms with Gasteiger partial charge in [-0.2, -0.15) is 0 Å². The number of aryl methyl sites for hydroxylation is 2. The van der Waals surface area contributed by atoms with E-state index in [1.165, 1.54) is 6.08 Å². The van der Waals surface area contributed by atoms with E-state index in [1.807, 2.05) is 62.4 Å². The third-order valence-corrected chi connectivity index (χ3v) is 3.07. The van der Waals surface area contributed by atoms with Gasteiger partial charge in [-0.25, -0.2) is 4.79 Å². The van der Waals surface area contributed by atoms with Crippen LogP contribution in [0.5, 0.6) is 0 Å². The minimum Gasteiger partial charge on any atom is -0.478 e. The Morgan fingerprint density at radius 3 is 2.21 bits per heavy atom. The maximum atomic E-state index is 11.1. The Bertz CT molecular complexity index is 622. The molecule has 0 saturated heterocycles. The lowest BCUT2D eigenvalue weighted by molar-refractivity contribution is -0.131. The van der Waals surface area contributed by atoms with Crippen LogP contribution in [0.1, 0.15) is 22.3 Å². The van der Waals surface area contributed by atoms with E-state index in [4.69, 9.17) is 5.11 Å². The van der Waals surface area contributed by atoms with Gasteiger partial charge in [-0.1, -0.05) is 54.1 Å². The Kier molecular flexibility index (Phi) is 3.81. The van der Waals surface area contributed by atoms with Crippen LogP contribution in [-0.2, 0) is 4.79 Å². The van der Waals surface area contributed by atoms with Crippen LogP contribution in [0.3, 0.4) is 0 Å². The number of rotatable bonds is 3. The number of hydrogen-bond donors (Lipinski definition) is 1. The third-order valence-electron chi connectivity index (χ3n) is 3.07. The predicted octanol–water partition coefficient (Wildman–Crippen LogP) is 3.82. The van der Waals surface area contributed by atoms with Gasteiger partial charge in [-0.05, 0) is 36.1 Å². The molecule has 0 radical (unpaired) electrons. The summed E-state index contributed by atoms with van der Waals surface area (Å²) < 4.78 is 0. The van der Waals surface area contributed by atoms with Crippen LogP contribution >= 0.6 is 0 Å². The number of carbonyl (C=O) groups is 1. The number of benzene rings is 2. The van der Waals surface area contributed by atoms with Gasteiger partial charge in [0.05, 0.1) is 0 Å². The average Bonchev–Trinajstić information content (AvgIpc) is 2.38. The molecule has 0 bridgehead atoms. The Morgan fingerprint density at radius 2 is 1.63 bits per heavy atom. The second-order valence-electron chi connectivity index (χ2n) is 4.58. The van der Waals surface area contributed by atoms with E-state index in [0.29, 0.717) is 0 Å². The molecule has 0 aromatic heterocycles. The Balaban J connectivity index is 2.58. The van der Waals surface area contributed by atoms with Crippen LogP contribution in [0.15, 0.2) is 54.6 Å². The molecule has 0 aliphatic rings. The number of carboxylic acid groups (broad SMARTS) is 1. The lowest BCUT2D eigenvalue weighted by Gasteiger charge is -2.11. The van der Waals surface area contributed by atoms with Crippen molar-refractivity contribution in [2.45, 2.75) is 13.8 Å². The molecule has 2 aromatic carbocycles. The molecule has 0 unspecified atom stereocenters. The van der Waals surface area contributed by atoms with Gasteiger partial charge < -0.3 is 5.11 Å². The molecule has 1 N–H and O–H groups in total. The molecule has 0 saturated carbocycles. The first-order chi connectivity index (χ1) is 9.08. The van der Waals surface area contributed by atoms with Gasteiger partial charge >= 0.3 is 5.97 Å². The Morgan fingerprint density at radius 1 is 1.00 bits per heavy atom. The molecule has 0 atom stereocenters. The molecular formula is C17H16O2. The predicted molar refractivity (Wildman–Crippen MR) is 77.1 cm³/mol. The second-order valence-corrected chi connectivity index (χ2v) is 4.58. The molecular weight excluding hydrogens is 236 g/mol. The van der Waals surface area contributed by atoms with E-state index in [0.717, 1.165) is 27.8 Å². The van der Waals surface area contributed by atoms with Crippen LogP contribution in [0.2, 0.25) is 0 Å².